The first-order valence-corrected chi connectivity index (χ1v) is 5.95. The minimum atomic E-state index is 0.847. The zero-order valence-electron chi connectivity index (χ0n) is 9.37. The van der Waals surface area contributed by atoms with Crippen LogP contribution in [-0.2, 0) is 6.54 Å². The van der Waals surface area contributed by atoms with Crippen molar-refractivity contribution in [2.24, 2.45) is 0 Å². The Morgan fingerprint density at radius 1 is 1.44 bits per heavy atom. The van der Waals surface area contributed by atoms with Gasteiger partial charge in [-0.05, 0) is 32.2 Å². The number of nitrogens with one attached hydrogen (secondary N) is 1. The fourth-order valence-electron chi connectivity index (χ4n) is 1.68. The predicted octanol–water partition coefficient (Wildman–Crippen LogP) is 2.66. The van der Waals surface area contributed by atoms with Crippen molar-refractivity contribution in [3.8, 4) is 5.69 Å². The van der Waals surface area contributed by atoms with E-state index in [1.54, 1.807) is 0 Å². The molecule has 3 nitrogen and oxygen atoms in total. The highest BCUT2D eigenvalue weighted by Gasteiger charge is 2.07. The van der Waals surface area contributed by atoms with E-state index in [0.717, 1.165) is 16.7 Å². The van der Waals surface area contributed by atoms with Gasteiger partial charge in [-0.1, -0.05) is 22.0 Å². The minimum Gasteiger partial charge on any atom is -0.316 e. The zero-order chi connectivity index (χ0) is 11.5. The fraction of sp³-hybridized carbons (Fsp3) is 0.250. The van der Waals surface area contributed by atoms with Gasteiger partial charge in [0.15, 0.2) is 0 Å². The second kappa shape index (κ2) is 4.80. The lowest BCUT2D eigenvalue weighted by atomic mass is 10.2. The molecule has 0 aliphatic carbocycles. The molecular weight excluding hydrogens is 266 g/mol. The lowest BCUT2D eigenvalue weighted by molar-refractivity contribution is 0.801. The fourth-order valence-corrected chi connectivity index (χ4v) is 2.06. The molecule has 0 saturated heterocycles. The van der Waals surface area contributed by atoms with E-state index < -0.39 is 0 Å². The summed E-state index contributed by atoms with van der Waals surface area (Å²) in [6, 6.07) is 8.13. The molecule has 1 heterocycles. The van der Waals surface area contributed by atoms with Crippen molar-refractivity contribution in [3.05, 3.63) is 46.2 Å². The highest BCUT2D eigenvalue weighted by atomic mass is 79.9. The van der Waals surface area contributed by atoms with Gasteiger partial charge in [0.25, 0.3) is 0 Å². The summed E-state index contributed by atoms with van der Waals surface area (Å²) in [7, 11) is 1.94. The first-order chi connectivity index (χ1) is 7.72. The Morgan fingerprint density at radius 3 is 2.94 bits per heavy atom. The van der Waals surface area contributed by atoms with Crippen LogP contribution in [0.3, 0.4) is 0 Å². The van der Waals surface area contributed by atoms with E-state index in [-0.39, 0.29) is 0 Å². The summed E-state index contributed by atoms with van der Waals surface area (Å²) in [4.78, 5) is 0. The summed E-state index contributed by atoms with van der Waals surface area (Å²) in [5.41, 5.74) is 3.48. The maximum absolute atomic E-state index is 4.40. The Balaban J connectivity index is 2.41. The minimum absolute atomic E-state index is 0.847. The second-order valence-electron chi connectivity index (χ2n) is 3.68. The average Bonchev–Trinajstić information content (AvgIpc) is 2.61. The van der Waals surface area contributed by atoms with Crippen LogP contribution in [0.5, 0.6) is 0 Å². The molecule has 16 heavy (non-hydrogen) atoms. The largest absolute Gasteiger partial charge is 0.316 e. The summed E-state index contributed by atoms with van der Waals surface area (Å²) in [6.07, 6.45) is 1.91. The SMILES string of the molecule is CNCc1cnn(-c2cccc(Br)c2)c1C. The van der Waals surface area contributed by atoms with Gasteiger partial charge < -0.3 is 5.32 Å². The molecule has 1 N–H and O–H groups in total. The lowest BCUT2D eigenvalue weighted by Crippen LogP contribution is -2.06. The van der Waals surface area contributed by atoms with Crippen LogP contribution < -0.4 is 5.32 Å². The van der Waals surface area contributed by atoms with Crippen molar-refractivity contribution in [1.29, 1.82) is 0 Å². The molecule has 1 aromatic carbocycles. The van der Waals surface area contributed by atoms with Crippen LogP contribution in [-0.4, -0.2) is 16.8 Å². The third-order valence-corrected chi connectivity index (χ3v) is 3.02. The van der Waals surface area contributed by atoms with Gasteiger partial charge >= 0.3 is 0 Å². The molecule has 0 fully saturated rings. The number of benzene rings is 1. The molecule has 0 bridgehead atoms. The lowest BCUT2D eigenvalue weighted by Gasteiger charge is -2.05. The van der Waals surface area contributed by atoms with Crippen LogP contribution >= 0.6 is 15.9 Å². The normalized spacial score (nSPS) is 10.7. The molecule has 0 amide bonds. The molecule has 0 aliphatic heterocycles. The van der Waals surface area contributed by atoms with Crippen LogP contribution in [0, 0.1) is 6.92 Å². The molecule has 4 heteroatoms. The van der Waals surface area contributed by atoms with Crippen molar-refractivity contribution in [3.63, 3.8) is 0 Å². The van der Waals surface area contributed by atoms with E-state index in [2.05, 4.69) is 39.3 Å². The molecular formula is C12H14BrN3. The molecule has 0 spiro atoms. The number of aromatic nitrogens is 2. The second-order valence-corrected chi connectivity index (χ2v) is 4.59. The van der Waals surface area contributed by atoms with Gasteiger partial charge in [-0.2, -0.15) is 5.10 Å². The summed E-state index contributed by atoms with van der Waals surface area (Å²) in [5, 5.41) is 7.54. The van der Waals surface area contributed by atoms with E-state index in [1.807, 2.05) is 36.1 Å². The van der Waals surface area contributed by atoms with Crippen molar-refractivity contribution in [2.75, 3.05) is 7.05 Å². The monoisotopic (exact) mass is 279 g/mol. The van der Waals surface area contributed by atoms with Crippen molar-refractivity contribution in [2.45, 2.75) is 13.5 Å². The summed E-state index contributed by atoms with van der Waals surface area (Å²) in [5.74, 6) is 0. The highest BCUT2D eigenvalue weighted by molar-refractivity contribution is 9.10. The first-order valence-electron chi connectivity index (χ1n) is 5.16. The number of hydrogen-bond acceptors (Lipinski definition) is 2. The van der Waals surface area contributed by atoms with Gasteiger partial charge in [-0.15, -0.1) is 0 Å². The Labute approximate surface area is 104 Å². The van der Waals surface area contributed by atoms with E-state index in [9.17, 15) is 0 Å². The van der Waals surface area contributed by atoms with Crippen LogP contribution in [0.1, 0.15) is 11.3 Å². The maximum Gasteiger partial charge on any atom is 0.0660 e. The third-order valence-electron chi connectivity index (χ3n) is 2.53. The molecule has 0 saturated carbocycles. The number of rotatable bonds is 3. The van der Waals surface area contributed by atoms with Crippen LogP contribution in [0.25, 0.3) is 5.69 Å². The molecule has 84 valence electrons. The highest BCUT2D eigenvalue weighted by Crippen LogP contribution is 2.18. The molecule has 0 atom stereocenters. The average molecular weight is 280 g/mol. The van der Waals surface area contributed by atoms with Gasteiger partial charge in [-0.25, -0.2) is 4.68 Å². The summed E-state index contributed by atoms with van der Waals surface area (Å²) in [6.45, 7) is 2.93. The quantitative estimate of drug-likeness (QED) is 0.936. The van der Waals surface area contributed by atoms with Gasteiger partial charge in [0.2, 0.25) is 0 Å². The Hall–Kier alpha value is -1.13. The smallest absolute Gasteiger partial charge is 0.0660 e. The molecule has 1 aromatic heterocycles. The van der Waals surface area contributed by atoms with Gasteiger partial charge in [0.05, 0.1) is 11.9 Å². The van der Waals surface area contributed by atoms with Crippen molar-refractivity contribution in [1.82, 2.24) is 15.1 Å². The number of nitrogens with zero attached hydrogens (tertiary/aromatic N) is 2. The molecule has 0 unspecified atom stereocenters. The van der Waals surface area contributed by atoms with Crippen LogP contribution in [0.2, 0.25) is 0 Å². The zero-order valence-corrected chi connectivity index (χ0v) is 11.0. The Bertz CT molecular complexity index is 491. The van der Waals surface area contributed by atoms with Crippen LogP contribution in [0.4, 0.5) is 0 Å². The van der Waals surface area contributed by atoms with Gasteiger partial charge in [0, 0.05) is 22.3 Å². The van der Waals surface area contributed by atoms with E-state index >= 15 is 0 Å². The van der Waals surface area contributed by atoms with Crippen LogP contribution in [0.15, 0.2) is 34.9 Å². The number of halogens is 1. The Kier molecular flexibility index (Phi) is 3.41. The van der Waals surface area contributed by atoms with E-state index in [0.29, 0.717) is 0 Å². The molecule has 0 aliphatic rings. The first kappa shape index (κ1) is 11.4. The molecule has 0 radical (unpaired) electrons. The van der Waals surface area contributed by atoms with E-state index in [1.165, 1.54) is 11.3 Å². The third kappa shape index (κ3) is 2.18. The van der Waals surface area contributed by atoms with Gasteiger partial charge in [-0.3, -0.25) is 0 Å². The molecule has 2 rings (SSSR count). The predicted molar refractivity (Wildman–Crippen MR) is 68.8 cm³/mol. The maximum atomic E-state index is 4.40. The van der Waals surface area contributed by atoms with Crippen molar-refractivity contribution >= 4 is 15.9 Å². The standard InChI is InChI=1S/C12H14BrN3/c1-9-10(7-14-2)8-15-16(9)12-5-3-4-11(13)6-12/h3-6,8,14H,7H2,1-2H3. The summed E-state index contributed by atoms with van der Waals surface area (Å²) >= 11 is 3.47. The number of hydrogen-bond donors (Lipinski definition) is 1. The molecule has 2 aromatic rings. The summed E-state index contributed by atoms with van der Waals surface area (Å²) < 4.78 is 3.02. The topological polar surface area (TPSA) is 29.9 Å². The van der Waals surface area contributed by atoms with E-state index in [4.69, 9.17) is 0 Å². The van der Waals surface area contributed by atoms with Gasteiger partial charge in [0.1, 0.15) is 0 Å². The Morgan fingerprint density at radius 2 is 2.25 bits per heavy atom. The van der Waals surface area contributed by atoms with Crippen molar-refractivity contribution < 1.29 is 0 Å².